The second kappa shape index (κ2) is 5.77. The molecule has 0 saturated heterocycles. The van der Waals surface area contributed by atoms with Crippen molar-refractivity contribution in [3.63, 3.8) is 0 Å². The zero-order valence-corrected chi connectivity index (χ0v) is 13.8. The van der Waals surface area contributed by atoms with Crippen LogP contribution >= 0.6 is 27.5 Å². The Bertz CT molecular complexity index is 700. The standard InChI is InChI=1S/C14H14BrClN4O/c1-8(13-19-18-11-6-3-7-20(11)13)17-14(21)9-4-2-5-10(15)12(9)16/h2,4-5,8H,3,6-7H2,1H3,(H,17,21). The monoisotopic (exact) mass is 368 g/mol. The molecular formula is C14H14BrClN4O. The van der Waals surface area contributed by atoms with Crippen LogP contribution in [0.5, 0.6) is 0 Å². The molecule has 0 saturated carbocycles. The number of aromatic nitrogens is 3. The fraction of sp³-hybridized carbons (Fsp3) is 0.357. The topological polar surface area (TPSA) is 59.8 Å². The Morgan fingerprint density at radius 1 is 1.48 bits per heavy atom. The normalized spacial score (nSPS) is 14.8. The summed E-state index contributed by atoms with van der Waals surface area (Å²) in [4.78, 5) is 12.3. The molecule has 1 atom stereocenters. The van der Waals surface area contributed by atoms with Crippen molar-refractivity contribution in [2.75, 3.05) is 0 Å². The molecule has 1 aromatic carbocycles. The minimum atomic E-state index is -0.218. The van der Waals surface area contributed by atoms with Crippen molar-refractivity contribution in [2.24, 2.45) is 0 Å². The van der Waals surface area contributed by atoms with Crippen LogP contribution in [0.3, 0.4) is 0 Å². The zero-order valence-electron chi connectivity index (χ0n) is 11.4. The maximum absolute atomic E-state index is 12.3. The van der Waals surface area contributed by atoms with Gasteiger partial charge in [-0.15, -0.1) is 10.2 Å². The summed E-state index contributed by atoms with van der Waals surface area (Å²) >= 11 is 9.47. The van der Waals surface area contributed by atoms with Crippen molar-refractivity contribution in [3.05, 3.63) is 44.9 Å². The van der Waals surface area contributed by atoms with Gasteiger partial charge in [-0.25, -0.2) is 0 Å². The fourth-order valence-electron chi connectivity index (χ4n) is 2.51. The SMILES string of the molecule is CC(NC(=O)c1cccc(Br)c1Cl)c1nnc2n1CCC2. The number of nitrogens with one attached hydrogen (secondary N) is 1. The maximum Gasteiger partial charge on any atom is 0.253 e. The molecule has 0 fully saturated rings. The van der Waals surface area contributed by atoms with Crippen LogP contribution < -0.4 is 5.32 Å². The number of benzene rings is 1. The number of carbonyl (C=O) groups is 1. The number of carbonyl (C=O) groups excluding carboxylic acids is 1. The van der Waals surface area contributed by atoms with E-state index in [1.54, 1.807) is 18.2 Å². The van der Waals surface area contributed by atoms with Gasteiger partial charge < -0.3 is 9.88 Å². The molecule has 1 aliphatic rings. The maximum atomic E-state index is 12.3. The van der Waals surface area contributed by atoms with Gasteiger partial charge in [0.1, 0.15) is 5.82 Å². The molecule has 0 spiro atoms. The third-order valence-corrected chi connectivity index (χ3v) is 4.87. The number of aryl methyl sites for hydroxylation is 1. The molecular weight excluding hydrogens is 356 g/mol. The molecule has 3 rings (SSSR count). The second-order valence-corrected chi connectivity index (χ2v) is 6.26. The minimum Gasteiger partial charge on any atom is -0.342 e. The first-order valence-corrected chi connectivity index (χ1v) is 7.92. The van der Waals surface area contributed by atoms with Gasteiger partial charge >= 0.3 is 0 Å². The summed E-state index contributed by atoms with van der Waals surface area (Å²) in [5.74, 6) is 1.57. The second-order valence-electron chi connectivity index (χ2n) is 5.03. The summed E-state index contributed by atoms with van der Waals surface area (Å²) in [5, 5.41) is 11.7. The molecule has 21 heavy (non-hydrogen) atoms. The predicted octanol–water partition coefficient (Wildman–Crippen LogP) is 3.13. The first-order valence-electron chi connectivity index (χ1n) is 6.75. The molecule has 2 aromatic rings. The van der Waals surface area contributed by atoms with E-state index in [1.807, 2.05) is 6.92 Å². The number of hydrogen-bond acceptors (Lipinski definition) is 3. The first kappa shape index (κ1) is 14.5. The molecule has 1 aromatic heterocycles. The summed E-state index contributed by atoms with van der Waals surface area (Å²) in [5.41, 5.74) is 0.444. The molecule has 1 aliphatic heterocycles. The number of halogens is 2. The van der Waals surface area contributed by atoms with Crippen LogP contribution in [0.15, 0.2) is 22.7 Å². The molecule has 0 radical (unpaired) electrons. The van der Waals surface area contributed by atoms with Crippen LogP contribution in [0.25, 0.3) is 0 Å². The van der Waals surface area contributed by atoms with Crippen molar-refractivity contribution in [3.8, 4) is 0 Å². The van der Waals surface area contributed by atoms with Crippen LogP contribution in [-0.2, 0) is 13.0 Å². The molecule has 1 amide bonds. The summed E-state index contributed by atoms with van der Waals surface area (Å²) in [6.07, 6.45) is 2.03. The lowest BCUT2D eigenvalue weighted by molar-refractivity contribution is 0.0937. The Labute approximate surface area is 135 Å². The lowest BCUT2D eigenvalue weighted by atomic mass is 10.2. The molecule has 5 nitrogen and oxygen atoms in total. The van der Waals surface area contributed by atoms with E-state index in [9.17, 15) is 4.79 Å². The number of fused-ring (bicyclic) bond motifs is 1. The molecule has 0 aliphatic carbocycles. The predicted molar refractivity (Wildman–Crippen MR) is 83.4 cm³/mol. The number of amides is 1. The van der Waals surface area contributed by atoms with Crippen LogP contribution in [0, 0.1) is 0 Å². The average molecular weight is 370 g/mol. The molecule has 1 N–H and O–H groups in total. The van der Waals surface area contributed by atoms with Gasteiger partial charge in [-0.05, 0) is 41.4 Å². The van der Waals surface area contributed by atoms with E-state index in [4.69, 9.17) is 11.6 Å². The summed E-state index contributed by atoms with van der Waals surface area (Å²) in [6, 6.07) is 5.06. The third kappa shape index (κ3) is 2.70. The highest BCUT2D eigenvalue weighted by Gasteiger charge is 2.23. The lowest BCUT2D eigenvalue weighted by Crippen LogP contribution is -2.29. The molecule has 2 heterocycles. The summed E-state index contributed by atoms with van der Waals surface area (Å²) in [6.45, 7) is 2.81. The zero-order chi connectivity index (χ0) is 15.0. The average Bonchev–Trinajstić information content (AvgIpc) is 3.03. The van der Waals surface area contributed by atoms with Crippen molar-refractivity contribution in [1.82, 2.24) is 20.1 Å². The van der Waals surface area contributed by atoms with E-state index >= 15 is 0 Å². The highest BCUT2D eigenvalue weighted by molar-refractivity contribution is 9.10. The first-order chi connectivity index (χ1) is 10.1. The minimum absolute atomic E-state index is 0.216. The Hall–Kier alpha value is -1.40. The summed E-state index contributed by atoms with van der Waals surface area (Å²) in [7, 11) is 0. The van der Waals surface area contributed by atoms with Gasteiger partial charge in [0, 0.05) is 17.4 Å². The highest BCUT2D eigenvalue weighted by Crippen LogP contribution is 2.26. The van der Waals surface area contributed by atoms with Gasteiger partial charge in [0.2, 0.25) is 0 Å². The Morgan fingerprint density at radius 2 is 2.29 bits per heavy atom. The number of hydrogen-bond donors (Lipinski definition) is 1. The highest BCUT2D eigenvalue weighted by atomic mass is 79.9. The van der Waals surface area contributed by atoms with Gasteiger partial charge in [0.05, 0.1) is 16.6 Å². The van der Waals surface area contributed by atoms with Crippen molar-refractivity contribution in [2.45, 2.75) is 32.4 Å². The van der Waals surface area contributed by atoms with Crippen molar-refractivity contribution >= 4 is 33.4 Å². The Balaban J connectivity index is 1.79. The molecule has 110 valence electrons. The number of rotatable bonds is 3. The van der Waals surface area contributed by atoms with E-state index in [0.29, 0.717) is 15.1 Å². The van der Waals surface area contributed by atoms with E-state index in [-0.39, 0.29) is 11.9 Å². The molecule has 0 bridgehead atoms. The van der Waals surface area contributed by atoms with E-state index in [0.717, 1.165) is 31.0 Å². The quantitative estimate of drug-likeness (QED) is 0.904. The molecule has 7 heteroatoms. The Morgan fingerprint density at radius 3 is 3.10 bits per heavy atom. The van der Waals surface area contributed by atoms with Crippen LogP contribution in [-0.4, -0.2) is 20.7 Å². The smallest absolute Gasteiger partial charge is 0.253 e. The Kier molecular flexibility index (Phi) is 3.99. The van der Waals surface area contributed by atoms with Crippen molar-refractivity contribution in [1.29, 1.82) is 0 Å². The van der Waals surface area contributed by atoms with Crippen molar-refractivity contribution < 1.29 is 4.79 Å². The molecule has 1 unspecified atom stereocenters. The van der Waals surface area contributed by atoms with E-state index in [1.165, 1.54) is 0 Å². The van der Waals surface area contributed by atoms with Crippen LogP contribution in [0.2, 0.25) is 5.02 Å². The van der Waals surface area contributed by atoms with E-state index < -0.39 is 0 Å². The van der Waals surface area contributed by atoms with Crippen LogP contribution in [0.4, 0.5) is 0 Å². The third-order valence-electron chi connectivity index (χ3n) is 3.57. The van der Waals surface area contributed by atoms with Gasteiger partial charge in [0.25, 0.3) is 5.91 Å². The summed E-state index contributed by atoms with van der Waals surface area (Å²) < 4.78 is 2.78. The van der Waals surface area contributed by atoms with Gasteiger partial charge in [-0.2, -0.15) is 0 Å². The lowest BCUT2D eigenvalue weighted by Gasteiger charge is -2.14. The largest absolute Gasteiger partial charge is 0.342 e. The fourth-order valence-corrected chi connectivity index (χ4v) is 3.09. The van der Waals surface area contributed by atoms with Gasteiger partial charge in [0.15, 0.2) is 5.82 Å². The van der Waals surface area contributed by atoms with Gasteiger partial charge in [-0.1, -0.05) is 17.7 Å². The van der Waals surface area contributed by atoms with E-state index in [2.05, 4.69) is 36.0 Å². The van der Waals surface area contributed by atoms with Crippen LogP contribution in [0.1, 0.15) is 41.4 Å². The number of nitrogens with zero attached hydrogens (tertiary/aromatic N) is 3. The van der Waals surface area contributed by atoms with Gasteiger partial charge in [-0.3, -0.25) is 4.79 Å².